The fourth-order valence-corrected chi connectivity index (χ4v) is 3.62. The average molecular weight is 286 g/mol. The van der Waals surface area contributed by atoms with Crippen LogP contribution in [-0.2, 0) is 20.9 Å². The van der Waals surface area contributed by atoms with Crippen molar-refractivity contribution in [3.8, 4) is 0 Å². The van der Waals surface area contributed by atoms with E-state index in [1.807, 2.05) is 18.2 Å². The van der Waals surface area contributed by atoms with E-state index in [-0.39, 0.29) is 5.97 Å². The Bertz CT molecular complexity index is 508. The second-order valence-corrected chi connectivity index (χ2v) is 6.08. The summed E-state index contributed by atoms with van der Waals surface area (Å²) in [7, 11) is 0. The van der Waals surface area contributed by atoms with Gasteiger partial charge in [0.25, 0.3) is 0 Å². The van der Waals surface area contributed by atoms with Gasteiger partial charge in [-0.05, 0) is 29.7 Å². The van der Waals surface area contributed by atoms with Gasteiger partial charge in [0, 0.05) is 12.8 Å². The van der Waals surface area contributed by atoms with Gasteiger partial charge in [-0.2, -0.15) is 0 Å². The quantitative estimate of drug-likeness (QED) is 0.595. The summed E-state index contributed by atoms with van der Waals surface area (Å²) in [6, 6.07) is 10.2. The predicted octanol–water partition coefficient (Wildman–Crippen LogP) is 3.20. The van der Waals surface area contributed by atoms with Crippen molar-refractivity contribution in [1.29, 1.82) is 0 Å². The lowest BCUT2D eigenvalue weighted by Crippen LogP contribution is -2.28. The van der Waals surface area contributed by atoms with Crippen molar-refractivity contribution in [2.24, 2.45) is 23.7 Å². The van der Waals surface area contributed by atoms with Gasteiger partial charge in [0.1, 0.15) is 0 Å². The first-order chi connectivity index (χ1) is 10.2. The van der Waals surface area contributed by atoms with Crippen LogP contribution in [0.15, 0.2) is 42.5 Å². The molecule has 0 aromatic heterocycles. The maximum absolute atomic E-state index is 11.0. The second-order valence-electron chi connectivity index (χ2n) is 6.08. The Morgan fingerprint density at radius 2 is 1.76 bits per heavy atom. The van der Waals surface area contributed by atoms with Gasteiger partial charge in [-0.15, -0.1) is 0 Å². The van der Waals surface area contributed by atoms with Crippen molar-refractivity contribution in [1.82, 2.24) is 0 Å². The Hall–Kier alpha value is -1.61. The molecule has 0 N–H and O–H groups in total. The normalized spacial score (nSPS) is 29.8. The number of carbonyl (C=O) groups excluding carboxylic acids is 1. The molecule has 0 aliphatic heterocycles. The van der Waals surface area contributed by atoms with Gasteiger partial charge in [0.05, 0.1) is 19.8 Å². The van der Waals surface area contributed by atoms with Crippen LogP contribution in [0.4, 0.5) is 0 Å². The third-order valence-corrected chi connectivity index (χ3v) is 4.70. The number of hydrogen-bond acceptors (Lipinski definition) is 3. The van der Waals surface area contributed by atoms with E-state index < -0.39 is 0 Å². The summed E-state index contributed by atoms with van der Waals surface area (Å²) >= 11 is 0. The minimum atomic E-state index is -0.189. The molecule has 0 heterocycles. The molecule has 0 radical (unpaired) electrons. The molecule has 1 unspecified atom stereocenters. The van der Waals surface area contributed by atoms with E-state index in [2.05, 4.69) is 24.3 Å². The highest BCUT2D eigenvalue weighted by Gasteiger charge is 2.44. The van der Waals surface area contributed by atoms with Gasteiger partial charge < -0.3 is 9.47 Å². The van der Waals surface area contributed by atoms with E-state index in [4.69, 9.17) is 9.47 Å². The molecule has 4 atom stereocenters. The number of hydrogen-bond donors (Lipinski definition) is 0. The van der Waals surface area contributed by atoms with Gasteiger partial charge in [-0.3, -0.25) is 4.79 Å². The smallest absolute Gasteiger partial charge is 0.302 e. The minimum absolute atomic E-state index is 0.189. The van der Waals surface area contributed by atoms with Crippen molar-refractivity contribution >= 4 is 5.97 Å². The fourth-order valence-electron chi connectivity index (χ4n) is 3.62. The van der Waals surface area contributed by atoms with E-state index >= 15 is 0 Å². The number of carbonyl (C=O) groups is 1. The maximum Gasteiger partial charge on any atom is 0.302 e. The number of esters is 1. The molecular weight excluding hydrogens is 264 g/mol. The van der Waals surface area contributed by atoms with Gasteiger partial charge in [-0.25, -0.2) is 0 Å². The molecule has 1 fully saturated rings. The molecule has 21 heavy (non-hydrogen) atoms. The summed E-state index contributed by atoms with van der Waals surface area (Å²) in [5.41, 5.74) is 1.20. The van der Waals surface area contributed by atoms with Crippen LogP contribution in [0.1, 0.15) is 18.9 Å². The third-order valence-electron chi connectivity index (χ3n) is 4.70. The highest BCUT2D eigenvalue weighted by Crippen LogP contribution is 2.48. The molecule has 1 aromatic carbocycles. The summed E-state index contributed by atoms with van der Waals surface area (Å²) in [5, 5.41) is 0. The van der Waals surface area contributed by atoms with Gasteiger partial charge in [0.2, 0.25) is 0 Å². The van der Waals surface area contributed by atoms with Gasteiger partial charge in [-0.1, -0.05) is 42.5 Å². The monoisotopic (exact) mass is 286 g/mol. The molecule has 3 rings (SSSR count). The zero-order valence-corrected chi connectivity index (χ0v) is 12.4. The van der Waals surface area contributed by atoms with E-state index in [0.29, 0.717) is 36.9 Å². The molecule has 112 valence electrons. The van der Waals surface area contributed by atoms with Crippen LogP contribution in [-0.4, -0.2) is 19.2 Å². The first-order valence-electron chi connectivity index (χ1n) is 7.67. The number of fused-ring (bicyclic) bond motifs is 2. The number of benzene rings is 1. The number of ether oxygens (including phenoxy) is 2. The lowest BCUT2D eigenvalue weighted by atomic mass is 9.84. The fraction of sp³-hybridized carbons (Fsp3) is 0.500. The van der Waals surface area contributed by atoms with Crippen molar-refractivity contribution in [3.63, 3.8) is 0 Å². The van der Waals surface area contributed by atoms with Crippen LogP contribution in [0.25, 0.3) is 0 Å². The molecule has 3 nitrogen and oxygen atoms in total. The zero-order chi connectivity index (χ0) is 14.7. The van der Waals surface area contributed by atoms with Crippen LogP contribution in [0.3, 0.4) is 0 Å². The van der Waals surface area contributed by atoms with Crippen molar-refractivity contribution in [2.45, 2.75) is 20.0 Å². The number of allylic oxidation sites excluding steroid dienone is 2. The van der Waals surface area contributed by atoms with Crippen LogP contribution in [0, 0.1) is 23.7 Å². The molecule has 0 spiro atoms. The summed E-state index contributed by atoms with van der Waals surface area (Å²) < 4.78 is 11.2. The Labute approximate surface area is 125 Å². The van der Waals surface area contributed by atoms with E-state index in [9.17, 15) is 4.79 Å². The summed E-state index contributed by atoms with van der Waals surface area (Å²) in [4.78, 5) is 11.0. The van der Waals surface area contributed by atoms with Crippen molar-refractivity contribution in [3.05, 3.63) is 48.0 Å². The van der Waals surface area contributed by atoms with Crippen LogP contribution in [0.5, 0.6) is 0 Å². The van der Waals surface area contributed by atoms with Gasteiger partial charge in [0.15, 0.2) is 0 Å². The predicted molar refractivity (Wildman–Crippen MR) is 80.4 cm³/mol. The Kier molecular flexibility index (Phi) is 4.39. The zero-order valence-electron chi connectivity index (χ0n) is 12.4. The molecule has 0 saturated heterocycles. The molecule has 2 bridgehead atoms. The SMILES string of the molecule is CC(=O)OC[C@H]1[C@@H]2C=CC(C2)[C@H]1COCc1ccccc1. The summed E-state index contributed by atoms with van der Waals surface area (Å²) in [6.07, 6.45) is 5.78. The average Bonchev–Trinajstić information content (AvgIpc) is 3.07. The minimum Gasteiger partial charge on any atom is -0.466 e. The molecule has 1 saturated carbocycles. The number of rotatable bonds is 6. The first-order valence-corrected chi connectivity index (χ1v) is 7.67. The molecule has 1 aromatic rings. The van der Waals surface area contributed by atoms with Crippen LogP contribution >= 0.6 is 0 Å². The summed E-state index contributed by atoms with van der Waals surface area (Å²) in [5.74, 6) is 1.85. The van der Waals surface area contributed by atoms with E-state index in [1.54, 1.807) is 0 Å². The maximum atomic E-state index is 11.0. The summed E-state index contributed by atoms with van der Waals surface area (Å²) in [6.45, 7) is 3.40. The molecule has 2 aliphatic rings. The second kappa shape index (κ2) is 6.44. The standard InChI is InChI=1S/C18H22O3/c1-13(19)21-12-18-16-8-7-15(9-16)17(18)11-20-10-14-5-3-2-4-6-14/h2-8,15-18H,9-12H2,1H3/t15?,16-,17-,18+/m1/s1. The molecule has 0 amide bonds. The van der Waals surface area contributed by atoms with Gasteiger partial charge >= 0.3 is 5.97 Å². The van der Waals surface area contributed by atoms with E-state index in [0.717, 1.165) is 6.61 Å². The lowest BCUT2D eigenvalue weighted by Gasteiger charge is -2.27. The molecule has 3 heteroatoms. The highest BCUT2D eigenvalue weighted by molar-refractivity contribution is 5.65. The largest absolute Gasteiger partial charge is 0.466 e. The third kappa shape index (κ3) is 3.35. The van der Waals surface area contributed by atoms with E-state index in [1.165, 1.54) is 18.9 Å². The topological polar surface area (TPSA) is 35.5 Å². The van der Waals surface area contributed by atoms with Crippen molar-refractivity contribution in [2.75, 3.05) is 13.2 Å². The Morgan fingerprint density at radius 3 is 2.43 bits per heavy atom. The van der Waals surface area contributed by atoms with Crippen molar-refractivity contribution < 1.29 is 14.3 Å². The first kappa shape index (κ1) is 14.3. The molecular formula is C18H22O3. The van der Waals surface area contributed by atoms with Crippen LogP contribution in [0.2, 0.25) is 0 Å². The Balaban J connectivity index is 1.53. The molecule has 2 aliphatic carbocycles. The highest BCUT2D eigenvalue weighted by atomic mass is 16.5. The lowest BCUT2D eigenvalue weighted by molar-refractivity contribution is -0.143. The van der Waals surface area contributed by atoms with Crippen LogP contribution < -0.4 is 0 Å². The Morgan fingerprint density at radius 1 is 1.10 bits per heavy atom.